The lowest BCUT2D eigenvalue weighted by Gasteiger charge is -1.74. The first-order valence-electron chi connectivity index (χ1n) is 1.64. The molecule has 0 heterocycles. The summed E-state index contributed by atoms with van der Waals surface area (Å²) in [5.41, 5.74) is 5.11. The van der Waals surface area contributed by atoms with Crippen molar-refractivity contribution in [2.75, 3.05) is 6.54 Å². The Hall–Kier alpha value is -0.480. The highest BCUT2D eigenvalue weighted by Crippen LogP contribution is 1.98. The Morgan fingerprint density at radius 3 is 2.20 bits per heavy atom. The minimum absolute atomic E-state index is 0.412. The van der Waals surface area contributed by atoms with Crippen molar-refractivity contribution in [3.05, 3.63) is 0 Å². The second kappa shape index (κ2) is 0.734. The molecule has 0 radical (unpaired) electrons. The maximum atomic E-state index is 5.11. The van der Waals surface area contributed by atoms with Gasteiger partial charge in [-0.2, -0.15) is 0 Å². The topological polar surface area (TPSA) is 26.0 Å². The van der Waals surface area contributed by atoms with Crippen molar-refractivity contribution in [2.45, 2.75) is 0 Å². The van der Waals surface area contributed by atoms with E-state index in [0.29, 0.717) is 12.5 Å². The van der Waals surface area contributed by atoms with E-state index in [2.05, 4.69) is 11.8 Å². The zero-order valence-electron chi connectivity index (χ0n) is 2.86. The highest BCUT2D eigenvalue weighted by Gasteiger charge is 2.03. The van der Waals surface area contributed by atoms with Gasteiger partial charge in [-0.1, -0.05) is 11.8 Å². The molecule has 1 aliphatic carbocycles. The highest BCUT2D eigenvalue weighted by molar-refractivity contribution is 5.30. The smallest absolute Gasteiger partial charge is 0.0934 e. The molecule has 0 fully saturated rings. The van der Waals surface area contributed by atoms with E-state index in [1.54, 1.807) is 0 Å². The summed E-state index contributed by atoms with van der Waals surface area (Å²) in [4.78, 5) is 0. The molecule has 0 atom stereocenters. The van der Waals surface area contributed by atoms with Crippen molar-refractivity contribution >= 4 is 0 Å². The van der Waals surface area contributed by atoms with Crippen molar-refractivity contribution in [1.29, 1.82) is 0 Å². The predicted octanol–water partition coefficient (Wildman–Crippen LogP) is -0.422. The lowest BCUT2D eigenvalue weighted by Crippen LogP contribution is -2.01. The van der Waals surface area contributed by atoms with E-state index in [9.17, 15) is 0 Å². The fraction of sp³-hybridized carbons (Fsp3) is 0.500. The van der Waals surface area contributed by atoms with E-state index in [-0.39, 0.29) is 0 Å². The van der Waals surface area contributed by atoms with E-state index in [0.717, 1.165) is 0 Å². The van der Waals surface area contributed by atoms with E-state index in [1.165, 1.54) is 0 Å². The Labute approximate surface area is 31.2 Å². The maximum absolute atomic E-state index is 5.11. The SMILES string of the molecule is NCC1C#C1. The summed E-state index contributed by atoms with van der Waals surface area (Å²) in [6, 6.07) is 0. The summed E-state index contributed by atoms with van der Waals surface area (Å²) < 4.78 is 0. The fourth-order valence-corrected chi connectivity index (χ4v) is 0.177. The third-order valence-electron chi connectivity index (χ3n) is 0.584. The zero-order chi connectivity index (χ0) is 3.70. The van der Waals surface area contributed by atoms with Gasteiger partial charge in [-0.15, -0.1) is 0 Å². The molecule has 0 spiro atoms. The monoisotopic (exact) mass is 67.0 g/mol. The Kier molecular flexibility index (Phi) is 0.402. The molecule has 1 heteroatoms. The average Bonchev–Trinajstić information content (AvgIpc) is 2.12. The molecule has 5 heavy (non-hydrogen) atoms. The van der Waals surface area contributed by atoms with Gasteiger partial charge in [-0.05, 0) is 0 Å². The molecule has 0 unspecified atom stereocenters. The van der Waals surface area contributed by atoms with Gasteiger partial charge in [0.25, 0.3) is 0 Å². The largest absolute Gasteiger partial charge is 0.328 e. The molecule has 0 aromatic heterocycles. The van der Waals surface area contributed by atoms with Crippen LogP contribution in [-0.2, 0) is 0 Å². The third kappa shape index (κ3) is 0.398. The summed E-state index contributed by atoms with van der Waals surface area (Å²) >= 11 is 0. The van der Waals surface area contributed by atoms with Gasteiger partial charge in [-0.3, -0.25) is 0 Å². The second-order valence-corrected chi connectivity index (χ2v) is 1.08. The molecular weight excluding hydrogens is 62.1 g/mol. The van der Waals surface area contributed by atoms with Crippen molar-refractivity contribution < 1.29 is 0 Å². The van der Waals surface area contributed by atoms with Crippen LogP contribution >= 0.6 is 0 Å². The number of nitrogens with two attached hydrogens (primary N) is 1. The number of hydrogen-bond donors (Lipinski definition) is 1. The van der Waals surface area contributed by atoms with Gasteiger partial charge in [-0.25, -0.2) is 0 Å². The summed E-state index contributed by atoms with van der Waals surface area (Å²) in [7, 11) is 0. The Balaban J connectivity index is 2.08. The summed E-state index contributed by atoms with van der Waals surface area (Å²) in [5, 5.41) is 0. The van der Waals surface area contributed by atoms with Gasteiger partial charge in [0.05, 0.1) is 5.92 Å². The molecule has 0 bridgehead atoms. The molecule has 0 saturated heterocycles. The van der Waals surface area contributed by atoms with Crippen molar-refractivity contribution in [3.63, 3.8) is 0 Å². The normalized spacial score (nSPS) is 17.0. The summed E-state index contributed by atoms with van der Waals surface area (Å²) in [6.45, 7) is 0.694. The first-order chi connectivity index (χ1) is 2.43. The van der Waals surface area contributed by atoms with Crippen LogP contribution < -0.4 is 5.73 Å². The highest BCUT2D eigenvalue weighted by atomic mass is 14.5. The van der Waals surface area contributed by atoms with Gasteiger partial charge >= 0.3 is 0 Å². The molecule has 0 aliphatic heterocycles. The first kappa shape index (κ1) is 2.74. The predicted molar refractivity (Wildman–Crippen MR) is 20.3 cm³/mol. The molecule has 1 aliphatic rings. The molecule has 0 aromatic carbocycles. The standard InChI is InChI=1S/C4H5N/c5-3-4-1-2-4/h4H,3,5H2. The lowest BCUT2D eigenvalue weighted by molar-refractivity contribution is 0.933. The molecule has 0 aromatic rings. The van der Waals surface area contributed by atoms with Gasteiger partial charge in [0.2, 0.25) is 0 Å². The van der Waals surface area contributed by atoms with Crippen LogP contribution in [-0.4, -0.2) is 6.54 Å². The van der Waals surface area contributed by atoms with Crippen molar-refractivity contribution in [2.24, 2.45) is 11.7 Å². The first-order valence-corrected chi connectivity index (χ1v) is 1.64. The Morgan fingerprint density at radius 1 is 1.60 bits per heavy atom. The van der Waals surface area contributed by atoms with Gasteiger partial charge < -0.3 is 5.73 Å². The molecule has 2 N–H and O–H groups in total. The summed E-state index contributed by atoms with van der Waals surface area (Å²) in [6.07, 6.45) is 0. The molecular formula is C4H5N. The fourth-order valence-electron chi connectivity index (χ4n) is 0.177. The zero-order valence-corrected chi connectivity index (χ0v) is 2.86. The average molecular weight is 67.1 g/mol. The van der Waals surface area contributed by atoms with E-state index in [1.807, 2.05) is 0 Å². The van der Waals surface area contributed by atoms with Crippen LogP contribution in [0.5, 0.6) is 0 Å². The van der Waals surface area contributed by atoms with Gasteiger partial charge in [0, 0.05) is 6.54 Å². The second-order valence-electron chi connectivity index (χ2n) is 1.08. The number of hydrogen-bond acceptors (Lipinski definition) is 1. The third-order valence-corrected chi connectivity index (χ3v) is 0.584. The maximum Gasteiger partial charge on any atom is 0.0934 e. The van der Waals surface area contributed by atoms with E-state index < -0.39 is 0 Å². The summed E-state index contributed by atoms with van der Waals surface area (Å²) in [5.74, 6) is 6.03. The lowest BCUT2D eigenvalue weighted by atomic mass is 10.4. The van der Waals surface area contributed by atoms with Crippen LogP contribution in [0.3, 0.4) is 0 Å². The minimum Gasteiger partial charge on any atom is -0.328 e. The molecule has 1 rings (SSSR count). The molecule has 0 amide bonds. The molecule has 26 valence electrons. The molecule has 1 nitrogen and oxygen atoms in total. The quantitative estimate of drug-likeness (QED) is 0.414. The van der Waals surface area contributed by atoms with Gasteiger partial charge in [0.1, 0.15) is 0 Å². The van der Waals surface area contributed by atoms with Gasteiger partial charge in [0.15, 0.2) is 0 Å². The minimum atomic E-state index is 0.412. The van der Waals surface area contributed by atoms with Crippen LogP contribution in [0.4, 0.5) is 0 Å². The van der Waals surface area contributed by atoms with Crippen LogP contribution in [0.25, 0.3) is 0 Å². The molecule has 0 saturated carbocycles. The van der Waals surface area contributed by atoms with Crippen LogP contribution in [0.1, 0.15) is 0 Å². The van der Waals surface area contributed by atoms with E-state index in [4.69, 9.17) is 5.73 Å². The van der Waals surface area contributed by atoms with Crippen LogP contribution in [0.15, 0.2) is 0 Å². The Bertz CT molecular complexity index is 77.6. The van der Waals surface area contributed by atoms with Crippen LogP contribution in [0.2, 0.25) is 0 Å². The number of rotatable bonds is 1. The van der Waals surface area contributed by atoms with Crippen LogP contribution in [0, 0.1) is 17.8 Å². The Morgan fingerprint density at radius 2 is 2.20 bits per heavy atom. The van der Waals surface area contributed by atoms with Crippen molar-refractivity contribution in [1.82, 2.24) is 0 Å². The van der Waals surface area contributed by atoms with E-state index >= 15 is 0 Å². The van der Waals surface area contributed by atoms with Crippen molar-refractivity contribution in [3.8, 4) is 11.8 Å².